The maximum atomic E-state index is 13.0. The van der Waals surface area contributed by atoms with Crippen LogP contribution in [-0.4, -0.2) is 74.2 Å². The van der Waals surface area contributed by atoms with Crippen molar-refractivity contribution < 1.29 is 22.7 Å². The van der Waals surface area contributed by atoms with Gasteiger partial charge in [0.15, 0.2) is 0 Å². The molecule has 2 aromatic rings. The van der Waals surface area contributed by atoms with Crippen LogP contribution in [0.15, 0.2) is 53.4 Å². The van der Waals surface area contributed by atoms with Crippen molar-refractivity contribution in [2.45, 2.75) is 24.3 Å². The van der Waals surface area contributed by atoms with E-state index in [4.69, 9.17) is 4.74 Å². The molecule has 0 saturated carbocycles. The van der Waals surface area contributed by atoms with Gasteiger partial charge in [-0.15, -0.1) is 0 Å². The second-order valence-corrected chi connectivity index (χ2v) is 9.93. The topological polar surface area (TPSA) is 87.2 Å². The quantitative estimate of drug-likeness (QED) is 0.662. The number of methoxy groups -OCH3 is 1. The molecule has 2 saturated heterocycles. The molecule has 2 aromatic carbocycles. The number of ether oxygens (including phenoxy) is 1. The van der Waals surface area contributed by atoms with E-state index >= 15 is 0 Å². The predicted molar refractivity (Wildman–Crippen MR) is 119 cm³/mol. The highest BCUT2D eigenvalue weighted by molar-refractivity contribution is 7.89. The lowest BCUT2D eigenvalue weighted by atomic mass is 10.1. The molecule has 0 aliphatic carbocycles. The summed E-state index contributed by atoms with van der Waals surface area (Å²) in [5.74, 6) is 0.618. The van der Waals surface area contributed by atoms with Gasteiger partial charge in [0.2, 0.25) is 15.9 Å². The minimum Gasteiger partial charge on any atom is -0.497 e. The largest absolute Gasteiger partial charge is 0.497 e. The highest BCUT2D eigenvalue weighted by atomic mass is 32.2. The van der Waals surface area contributed by atoms with Crippen molar-refractivity contribution >= 4 is 21.8 Å². The van der Waals surface area contributed by atoms with Gasteiger partial charge in [0, 0.05) is 51.3 Å². The molecule has 32 heavy (non-hydrogen) atoms. The number of nitrogens with zero attached hydrogens (tertiary/aromatic N) is 3. The zero-order valence-corrected chi connectivity index (χ0v) is 18.9. The molecule has 0 spiro atoms. The normalized spacial score (nSPS) is 17.6. The molecule has 2 aliphatic rings. The van der Waals surface area contributed by atoms with Crippen LogP contribution in [0, 0.1) is 0 Å². The molecule has 4 rings (SSSR count). The van der Waals surface area contributed by atoms with Crippen LogP contribution >= 0.6 is 0 Å². The predicted octanol–water partition coefficient (Wildman–Crippen LogP) is 1.96. The van der Waals surface area contributed by atoms with Crippen LogP contribution in [0.4, 0.5) is 0 Å². The van der Waals surface area contributed by atoms with Gasteiger partial charge >= 0.3 is 0 Å². The van der Waals surface area contributed by atoms with Crippen LogP contribution in [0.2, 0.25) is 0 Å². The van der Waals surface area contributed by atoms with Crippen LogP contribution < -0.4 is 4.74 Å². The highest BCUT2D eigenvalue weighted by Crippen LogP contribution is 2.22. The SMILES string of the molecule is COc1ccc(S(=O)(=O)N2CCN(C(=O)c3cccc(CN4CCCC4=O)c3)CC2)cc1. The molecule has 2 amide bonds. The van der Waals surface area contributed by atoms with E-state index in [1.807, 2.05) is 23.1 Å². The number of rotatable bonds is 6. The number of sulfonamides is 1. The lowest BCUT2D eigenvalue weighted by Gasteiger charge is -2.34. The molecule has 9 heteroatoms. The fourth-order valence-electron chi connectivity index (χ4n) is 4.11. The summed E-state index contributed by atoms with van der Waals surface area (Å²) >= 11 is 0. The van der Waals surface area contributed by atoms with Crippen LogP contribution in [0.5, 0.6) is 5.75 Å². The van der Waals surface area contributed by atoms with Crippen molar-refractivity contribution in [1.82, 2.24) is 14.1 Å². The summed E-state index contributed by atoms with van der Waals surface area (Å²) in [6.07, 6.45) is 1.46. The number of amides is 2. The molecule has 8 nitrogen and oxygen atoms in total. The second-order valence-electron chi connectivity index (χ2n) is 7.99. The number of hydrogen-bond acceptors (Lipinski definition) is 5. The van der Waals surface area contributed by atoms with Gasteiger partial charge in [0.25, 0.3) is 5.91 Å². The maximum Gasteiger partial charge on any atom is 0.253 e. The first-order valence-electron chi connectivity index (χ1n) is 10.7. The molecular formula is C23H27N3O5S. The molecule has 2 aliphatic heterocycles. The molecular weight excluding hydrogens is 430 g/mol. The number of piperazine rings is 1. The Balaban J connectivity index is 1.39. The minimum absolute atomic E-state index is 0.124. The van der Waals surface area contributed by atoms with Crippen molar-refractivity contribution in [2.24, 2.45) is 0 Å². The maximum absolute atomic E-state index is 13.0. The Morgan fingerprint density at radius 1 is 1.00 bits per heavy atom. The third kappa shape index (κ3) is 4.63. The molecule has 0 bridgehead atoms. The van der Waals surface area contributed by atoms with Gasteiger partial charge < -0.3 is 14.5 Å². The number of benzene rings is 2. The summed E-state index contributed by atoms with van der Waals surface area (Å²) < 4.78 is 32.3. The van der Waals surface area contributed by atoms with Gasteiger partial charge in [-0.1, -0.05) is 12.1 Å². The van der Waals surface area contributed by atoms with Crippen molar-refractivity contribution in [3.8, 4) is 5.75 Å². The number of hydrogen-bond donors (Lipinski definition) is 0. The monoisotopic (exact) mass is 457 g/mol. The van der Waals surface area contributed by atoms with Gasteiger partial charge in [-0.05, 0) is 48.4 Å². The third-order valence-corrected chi connectivity index (χ3v) is 7.85. The van der Waals surface area contributed by atoms with Gasteiger partial charge in [-0.3, -0.25) is 9.59 Å². The zero-order chi connectivity index (χ0) is 22.7. The standard InChI is InChI=1S/C23H27N3O5S/c1-31-20-7-9-21(10-8-20)32(29,30)26-14-12-24(13-15-26)23(28)19-5-2-4-18(16-19)17-25-11-3-6-22(25)27/h2,4-5,7-10,16H,3,6,11-15,17H2,1H3. The molecule has 170 valence electrons. The third-order valence-electron chi connectivity index (χ3n) is 5.94. The molecule has 0 atom stereocenters. The summed E-state index contributed by atoms with van der Waals surface area (Å²) in [6.45, 7) is 2.38. The Morgan fingerprint density at radius 3 is 2.34 bits per heavy atom. The van der Waals surface area contributed by atoms with Crippen molar-refractivity contribution in [2.75, 3.05) is 39.8 Å². The van der Waals surface area contributed by atoms with Gasteiger partial charge in [0.05, 0.1) is 12.0 Å². The van der Waals surface area contributed by atoms with E-state index in [0.29, 0.717) is 37.4 Å². The van der Waals surface area contributed by atoms with E-state index in [-0.39, 0.29) is 29.8 Å². The van der Waals surface area contributed by atoms with E-state index in [2.05, 4.69) is 0 Å². The Kier molecular flexibility index (Phi) is 6.48. The minimum atomic E-state index is -3.62. The van der Waals surface area contributed by atoms with Crippen LogP contribution in [0.1, 0.15) is 28.8 Å². The molecule has 0 aromatic heterocycles. The summed E-state index contributed by atoms with van der Waals surface area (Å²) in [5.41, 5.74) is 1.48. The average molecular weight is 458 g/mol. The van der Waals surface area contributed by atoms with Gasteiger partial charge in [-0.2, -0.15) is 4.31 Å². The first-order valence-corrected chi connectivity index (χ1v) is 12.1. The van der Waals surface area contributed by atoms with Crippen LogP contribution in [-0.2, 0) is 21.4 Å². The highest BCUT2D eigenvalue weighted by Gasteiger charge is 2.30. The van der Waals surface area contributed by atoms with E-state index in [0.717, 1.165) is 18.5 Å². The van der Waals surface area contributed by atoms with Gasteiger partial charge in [-0.25, -0.2) is 8.42 Å². The number of carbonyl (C=O) groups is 2. The number of likely N-dealkylation sites (tertiary alicyclic amines) is 1. The van der Waals surface area contributed by atoms with Crippen LogP contribution in [0.25, 0.3) is 0 Å². The first kappa shape index (κ1) is 22.3. The van der Waals surface area contributed by atoms with Gasteiger partial charge in [0.1, 0.15) is 5.75 Å². The van der Waals surface area contributed by atoms with E-state index < -0.39 is 10.0 Å². The molecule has 0 N–H and O–H groups in total. The van der Waals surface area contributed by atoms with Crippen LogP contribution in [0.3, 0.4) is 0 Å². The Morgan fingerprint density at radius 2 is 1.72 bits per heavy atom. The average Bonchev–Trinajstić information content (AvgIpc) is 3.23. The second kappa shape index (κ2) is 9.30. The zero-order valence-electron chi connectivity index (χ0n) is 18.1. The van der Waals surface area contributed by atoms with E-state index in [9.17, 15) is 18.0 Å². The molecule has 0 unspecified atom stereocenters. The van der Waals surface area contributed by atoms with Crippen molar-refractivity contribution in [1.29, 1.82) is 0 Å². The first-order chi connectivity index (χ1) is 15.4. The summed E-state index contributed by atoms with van der Waals surface area (Å²) in [4.78, 5) is 28.6. The van der Waals surface area contributed by atoms with E-state index in [1.54, 1.807) is 23.1 Å². The summed E-state index contributed by atoms with van der Waals surface area (Å²) in [7, 11) is -2.09. The number of carbonyl (C=O) groups excluding carboxylic acids is 2. The van der Waals surface area contributed by atoms with Crippen molar-refractivity contribution in [3.05, 3.63) is 59.7 Å². The lowest BCUT2D eigenvalue weighted by Crippen LogP contribution is -2.50. The molecule has 0 radical (unpaired) electrons. The summed E-state index contributed by atoms with van der Waals surface area (Å²) in [6, 6.07) is 13.6. The molecule has 2 fully saturated rings. The lowest BCUT2D eigenvalue weighted by molar-refractivity contribution is -0.128. The fraction of sp³-hybridized carbons (Fsp3) is 0.391. The smallest absolute Gasteiger partial charge is 0.253 e. The fourth-order valence-corrected chi connectivity index (χ4v) is 5.53. The Labute approximate surface area is 188 Å². The summed E-state index contributed by atoms with van der Waals surface area (Å²) in [5, 5.41) is 0. The Bertz CT molecular complexity index is 1090. The molecule has 2 heterocycles. The Hall–Kier alpha value is -2.91. The van der Waals surface area contributed by atoms with E-state index in [1.165, 1.54) is 23.5 Å². The van der Waals surface area contributed by atoms with Crippen molar-refractivity contribution in [3.63, 3.8) is 0 Å².